The largest absolute Gasteiger partial charge is 0.462 e. The van der Waals surface area contributed by atoms with Gasteiger partial charge in [-0.3, -0.25) is 9.36 Å². The maximum absolute atomic E-state index is 13.1. The Labute approximate surface area is 181 Å². The van der Waals surface area contributed by atoms with E-state index in [0.717, 1.165) is 5.75 Å². The highest BCUT2D eigenvalue weighted by atomic mass is 16.5. The lowest BCUT2D eigenvalue weighted by Crippen LogP contribution is -2.20. The number of para-hydroxylation sites is 1. The molecule has 0 bridgehead atoms. The van der Waals surface area contributed by atoms with E-state index in [0.29, 0.717) is 17.0 Å². The molecule has 5 aromatic rings. The van der Waals surface area contributed by atoms with E-state index in [1.54, 1.807) is 43.5 Å². The first-order valence-electron chi connectivity index (χ1n) is 9.92. The van der Waals surface area contributed by atoms with E-state index in [1.165, 1.54) is 15.3 Å². The fraction of sp³-hybridized carbons (Fsp3) is 0.0870. The number of esters is 1. The zero-order valence-electron chi connectivity index (χ0n) is 17.0. The molecule has 32 heavy (non-hydrogen) atoms. The molecule has 0 unspecified atom stereocenters. The van der Waals surface area contributed by atoms with Crippen LogP contribution in [0.5, 0.6) is 11.5 Å². The van der Waals surface area contributed by atoms with E-state index < -0.39 is 5.97 Å². The molecule has 5 rings (SSSR count). The second-order valence-corrected chi connectivity index (χ2v) is 6.85. The van der Waals surface area contributed by atoms with Gasteiger partial charge in [-0.2, -0.15) is 5.10 Å². The molecule has 0 saturated carbocycles. The molecule has 0 fully saturated rings. The van der Waals surface area contributed by atoms with Crippen LogP contribution in [0.3, 0.4) is 0 Å². The first-order valence-corrected chi connectivity index (χ1v) is 9.92. The maximum atomic E-state index is 13.1. The number of pyridine rings is 1. The third kappa shape index (κ3) is 3.35. The van der Waals surface area contributed by atoms with Gasteiger partial charge in [-0.25, -0.2) is 9.31 Å². The van der Waals surface area contributed by atoms with Crippen molar-refractivity contribution in [1.82, 2.24) is 24.4 Å². The number of hydrogen-bond donors (Lipinski definition) is 0. The molecule has 0 radical (unpaired) electrons. The van der Waals surface area contributed by atoms with Gasteiger partial charge in [0.2, 0.25) is 0 Å². The first-order chi connectivity index (χ1) is 15.7. The van der Waals surface area contributed by atoms with Crippen LogP contribution in [0.1, 0.15) is 17.3 Å². The lowest BCUT2D eigenvalue weighted by molar-refractivity contribution is 0.0528. The van der Waals surface area contributed by atoms with E-state index in [4.69, 9.17) is 9.47 Å². The van der Waals surface area contributed by atoms with Gasteiger partial charge in [0.05, 0.1) is 12.8 Å². The minimum Gasteiger partial charge on any atom is -0.462 e. The Balaban J connectivity index is 1.51. The van der Waals surface area contributed by atoms with Gasteiger partial charge in [-0.15, -0.1) is 10.2 Å². The van der Waals surface area contributed by atoms with Gasteiger partial charge in [-0.1, -0.05) is 18.2 Å². The van der Waals surface area contributed by atoms with Crippen molar-refractivity contribution in [2.24, 2.45) is 0 Å². The van der Waals surface area contributed by atoms with Crippen LogP contribution in [0.15, 0.2) is 77.9 Å². The first kappa shape index (κ1) is 19.4. The predicted molar refractivity (Wildman–Crippen MR) is 116 cm³/mol. The molecule has 3 aromatic heterocycles. The topological polar surface area (TPSA) is 101 Å². The molecule has 9 heteroatoms. The quantitative estimate of drug-likeness (QED) is 0.396. The van der Waals surface area contributed by atoms with Gasteiger partial charge in [0.25, 0.3) is 5.56 Å². The van der Waals surface area contributed by atoms with Gasteiger partial charge in [-0.05, 0) is 49.4 Å². The lowest BCUT2D eigenvalue weighted by Gasteiger charge is -2.09. The van der Waals surface area contributed by atoms with Gasteiger partial charge >= 0.3 is 5.97 Å². The van der Waals surface area contributed by atoms with E-state index in [2.05, 4.69) is 15.3 Å². The Bertz CT molecular complexity index is 1490. The molecule has 3 heterocycles. The van der Waals surface area contributed by atoms with Crippen LogP contribution in [0.25, 0.3) is 22.4 Å². The number of hydrogen-bond acceptors (Lipinski definition) is 7. The molecule has 0 amide bonds. The molecule has 0 spiro atoms. The highest BCUT2D eigenvalue weighted by molar-refractivity contribution is 5.96. The fourth-order valence-corrected chi connectivity index (χ4v) is 3.35. The maximum Gasteiger partial charge on any atom is 0.343 e. The van der Waals surface area contributed by atoms with Crippen molar-refractivity contribution in [3.63, 3.8) is 0 Å². The summed E-state index contributed by atoms with van der Waals surface area (Å²) in [5.41, 5.74) is 1.28. The lowest BCUT2D eigenvalue weighted by atomic mass is 10.2. The molecule has 158 valence electrons. The molecule has 0 aliphatic heterocycles. The van der Waals surface area contributed by atoms with Crippen LogP contribution in [-0.4, -0.2) is 37.0 Å². The third-order valence-electron chi connectivity index (χ3n) is 4.85. The number of aromatic nitrogens is 5. The van der Waals surface area contributed by atoms with Crippen molar-refractivity contribution in [1.29, 1.82) is 0 Å². The SMILES string of the molecule is CCOC(=O)c1cnn2c1nnc1c(=O)n(-c3ccc(Oc4ccccc4)cc3)ccc12. The monoisotopic (exact) mass is 427 g/mol. The van der Waals surface area contributed by atoms with Crippen LogP contribution in [0, 0.1) is 0 Å². The van der Waals surface area contributed by atoms with Gasteiger partial charge in [0.15, 0.2) is 11.2 Å². The number of benzene rings is 2. The summed E-state index contributed by atoms with van der Waals surface area (Å²) < 4.78 is 13.7. The van der Waals surface area contributed by atoms with Gasteiger partial charge in [0.1, 0.15) is 22.6 Å². The minimum atomic E-state index is -0.540. The van der Waals surface area contributed by atoms with E-state index in [9.17, 15) is 9.59 Å². The Morgan fingerprint density at radius 3 is 2.47 bits per heavy atom. The van der Waals surface area contributed by atoms with Crippen molar-refractivity contribution in [2.75, 3.05) is 6.61 Å². The molecule has 0 aliphatic carbocycles. The Hall–Kier alpha value is -4.53. The van der Waals surface area contributed by atoms with Crippen molar-refractivity contribution >= 4 is 22.6 Å². The summed E-state index contributed by atoms with van der Waals surface area (Å²) in [6, 6.07) is 18.3. The number of carbonyl (C=O) groups is 1. The molecule has 9 nitrogen and oxygen atoms in total. The summed E-state index contributed by atoms with van der Waals surface area (Å²) in [5.74, 6) is 0.837. The summed E-state index contributed by atoms with van der Waals surface area (Å²) in [4.78, 5) is 25.2. The smallest absolute Gasteiger partial charge is 0.343 e. The van der Waals surface area contributed by atoms with Crippen LogP contribution in [-0.2, 0) is 4.74 Å². The Kier molecular flexibility index (Phi) is 4.83. The van der Waals surface area contributed by atoms with Gasteiger partial charge < -0.3 is 9.47 Å². The number of ether oxygens (including phenoxy) is 2. The van der Waals surface area contributed by atoms with Crippen LogP contribution < -0.4 is 10.3 Å². The molecule has 0 saturated heterocycles. The summed E-state index contributed by atoms with van der Waals surface area (Å²) in [5, 5.41) is 12.3. The number of carbonyl (C=O) groups excluding carboxylic acids is 1. The molecule has 0 N–H and O–H groups in total. The second-order valence-electron chi connectivity index (χ2n) is 6.85. The number of rotatable bonds is 5. The molecule has 2 aromatic carbocycles. The highest BCUT2D eigenvalue weighted by Crippen LogP contribution is 2.22. The summed E-state index contributed by atoms with van der Waals surface area (Å²) in [6.07, 6.45) is 2.99. The van der Waals surface area contributed by atoms with Crippen molar-refractivity contribution in [2.45, 2.75) is 6.92 Å². The standard InChI is InChI=1S/C23H17N5O4/c1-2-31-23(30)18-14-24-28-19-12-13-27(22(29)20(19)25-26-21(18)28)15-8-10-17(11-9-15)32-16-6-4-3-5-7-16/h3-14H,2H2,1H3. The zero-order valence-corrected chi connectivity index (χ0v) is 17.0. The average molecular weight is 427 g/mol. The summed E-state index contributed by atoms with van der Waals surface area (Å²) >= 11 is 0. The zero-order chi connectivity index (χ0) is 22.1. The number of nitrogens with zero attached hydrogens (tertiary/aromatic N) is 5. The highest BCUT2D eigenvalue weighted by Gasteiger charge is 2.18. The number of fused-ring (bicyclic) bond motifs is 3. The minimum absolute atomic E-state index is 0.128. The van der Waals surface area contributed by atoms with E-state index in [-0.39, 0.29) is 28.9 Å². The van der Waals surface area contributed by atoms with Crippen molar-refractivity contribution < 1.29 is 14.3 Å². The Morgan fingerprint density at radius 2 is 1.72 bits per heavy atom. The average Bonchev–Trinajstić information content (AvgIpc) is 3.26. The Morgan fingerprint density at radius 1 is 0.969 bits per heavy atom. The van der Waals surface area contributed by atoms with Crippen molar-refractivity contribution in [3.8, 4) is 17.2 Å². The molecular weight excluding hydrogens is 410 g/mol. The van der Waals surface area contributed by atoms with Crippen LogP contribution >= 0.6 is 0 Å². The fourth-order valence-electron chi connectivity index (χ4n) is 3.35. The van der Waals surface area contributed by atoms with E-state index >= 15 is 0 Å². The third-order valence-corrected chi connectivity index (χ3v) is 4.85. The van der Waals surface area contributed by atoms with E-state index in [1.807, 2.05) is 30.3 Å². The van der Waals surface area contributed by atoms with Crippen molar-refractivity contribution in [3.05, 3.63) is 89.0 Å². The van der Waals surface area contributed by atoms with Crippen LogP contribution in [0.2, 0.25) is 0 Å². The molecular formula is C23H17N5O4. The molecule has 0 aliphatic rings. The van der Waals surface area contributed by atoms with Gasteiger partial charge in [0, 0.05) is 11.9 Å². The summed E-state index contributed by atoms with van der Waals surface area (Å²) in [6.45, 7) is 1.95. The summed E-state index contributed by atoms with van der Waals surface area (Å²) in [7, 11) is 0. The normalized spacial score (nSPS) is 11.0. The predicted octanol–water partition coefficient (Wildman–Crippen LogP) is 3.40. The molecule has 0 atom stereocenters. The van der Waals surface area contributed by atoms with Crippen LogP contribution in [0.4, 0.5) is 0 Å². The second kappa shape index (κ2) is 7.95.